The number of nitrogens with zero attached hydrogens (tertiary/aromatic N) is 2. The summed E-state index contributed by atoms with van der Waals surface area (Å²) in [4.78, 5) is 30.6. The van der Waals surface area contributed by atoms with Crippen molar-refractivity contribution in [3.05, 3.63) is 64.6 Å². The summed E-state index contributed by atoms with van der Waals surface area (Å²) in [6.07, 6.45) is 1.80. The standard InChI is InChI=1S/C21H20N2O4S/c1-3-23-19(24)18(13-14-8-5-6-11-17(14)27-4-2)28-21(23)22-16-10-7-9-15(12-16)20(25)26/h5-13H,3-4H2,1-2H3,(H,25,26)/b18-13-,22-21?. The number of hydrogen-bond acceptors (Lipinski definition) is 5. The fourth-order valence-electron chi connectivity index (χ4n) is 2.72. The topological polar surface area (TPSA) is 79.2 Å². The van der Waals surface area contributed by atoms with Gasteiger partial charge in [0.25, 0.3) is 5.91 Å². The molecule has 144 valence electrons. The van der Waals surface area contributed by atoms with Crippen LogP contribution in [0, 0.1) is 0 Å². The number of ether oxygens (including phenoxy) is 1. The molecule has 1 heterocycles. The third-order valence-electron chi connectivity index (χ3n) is 4.03. The molecule has 0 spiro atoms. The summed E-state index contributed by atoms with van der Waals surface area (Å²) in [5.41, 5.74) is 1.47. The fraction of sp³-hybridized carbons (Fsp3) is 0.190. The Hall–Kier alpha value is -3.06. The van der Waals surface area contributed by atoms with E-state index < -0.39 is 5.97 Å². The lowest BCUT2D eigenvalue weighted by atomic mass is 10.2. The molecular weight excluding hydrogens is 376 g/mol. The molecule has 0 radical (unpaired) electrons. The van der Waals surface area contributed by atoms with Gasteiger partial charge in [-0.25, -0.2) is 9.79 Å². The van der Waals surface area contributed by atoms with Gasteiger partial charge in [0.15, 0.2) is 5.17 Å². The van der Waals surface area contributed by atoms with Crippen LogP contribution in [0.5, 0.6) is 5.75 Å². The number of carboxylic acids is 1. The van der Waals surface area contributed by atoms with Gasteiger partial charge in [-0.3, -0.25) is 9.69 Å². The van der Waals surface area contributed by atoms with E-state index in [0.717, 1.165) is 5.56 Å². The van der Waals surface area contributed by atoms with Crippen LogP contribution in [0.3, 0.4) is 0 Å². The number of aromatic carboxylic acids is 1. The van der Waals surface area contributed by atoms with E-state index in [1.54, 1.807) is 23.1 Å². The van der Waals surface area contributed by atoms with Crippen molar-refractivity contribution in [1.29, 1.82) is 0 Å². The molecule has 0 aromatic heterocycles. The van der Waals surface area contributed by atoms with Gasteiger partial charge in [-0.2, -0.15) is 0 Å². The van der Waals surface area contributed by atoms with Crippen molar-refractivity contribution in [3.8, 4) is 5.75 Å². The molecule has 0 unspecified atom stereocenters. The predicted molar refractivity (Wildman–Crippen MR) is 111 cm³/mol. The molecule has 3 rings (SSSR count). The van der Waals surface area contributed by atoms with Crippen molar-refractivity contribution < 1.29 is 19.4 Å². The van der Waals surface area contributed by atoms with Gasteiger partial charge in [-0.1, -0.05) is 24.3 Å². The number of aliphatic imine (C=N–C) groups is 1. The van der Waals surface area contributed by atoms with Crippen LogP contribution >= 0.6 is 11.8 Å². The van der Waals surface area contributed by atoms with Crippen LogP contribution in [0.2, 0.25) is 0 Å². The van der Waals surface area contributed by atoms with Crippen LogP contribution < -0.4 is 4.74 Å². The lowest BCUT2D eigenvalue weighted by Gasteiger charge is -2.12. The normalized spacial score (nSPS) is 16.8. The summed E-state index contributed by atoms with van der Waals surface area (Å²) in [5.74, 6) is -0.432. The van der Waals surface area contributed by atoms with Gasteiger partial charge < -0.3 is 9.84 Å². The average molecular weight is 396 g/mol. The molecule has 1 saturated heterocycles. The van der Waals surface area contributed by atoms with Crippen molar-refractivity contribution in [3.63, 3.8) is 0 Å². The molecule has 1 aliphatic heterocycles. The van der Waals surface area contributed by atoms with E-state index in [-0.39, 0.29) is 11.5 Å². The highest BCUT2D eigenvalue weighted by atomic mass is 32.2. The summed E-state index contributed by atoms with van der Waals surface area (Å²) >= 11 is 1.27. The average Bonchev–Trinajstić information content (AvgIpc) is 2.98. The number of likely N-dealkylation sites (N-methyl/N-ethyl adjacent to an activating group) is 1. The fourth-order valence-corrected chi connectivity index (χ4v) is 3.77. The summed E-state index contributed by atoms with van der Waals surface area (Å²) in [7, 11) is 0. The number of para-hydroxylation sites is 1. The SMILES string of the molecule is CCOc1ccccc1/C=C1\SC(=Nc2cccc(C(=O)O)c2)N(CC)C1=O. The number of hydrogen-bond donors (Lipinski definition) is 1. The Labute approximate surface area is 167 Å². The molecular formula is C21H20N2O4S. The Balaban J connectivity index is 1.95. The number of carboxylic acid groups (broad SMARTS) is 1. The third kappa shape index (κ3) is 4.26. The molecule has 7 heteroatoms. The maximum atomic E-state index is 12.8. The van der Waals surface area contributed by atoms with Gasteiger partial charge >= 0.3 is 5.97 Å². The minimum absolute atomic E-state index is 0.132. The van der Waals surface area contributed by atoms with Crippen LogP contribution in [0.25, 0.3) is 6.08 Å². The number of rotatable bonds is 6. The minimum Gasteiger partial charge on any atom is -0.493 e. The number of amidine groups is 1. The molecule has 28 heavy (non-hydrogen) atoms. The summed E-state index contributed by atoms with van der Waals surface area (Å²) in [6.45, 7) is 4.79. The Morgan fingerprint density at radius 2 is 2.00 bits per heavy atom. The van der Waals surface area contributed by atoms with Crippen LogP contribution in [-0.4, -0.2) is 40.2 Å². The van der Waals surface area contributed by atoms with E-state index in [0.29, 0.717) is 34.7 Å². The quantitative estimate of drug-likeness (QED) is 0.732. The zero-order chi connectivity index (χ0) is 20.1. The molecule has 0 atom stereocenters. The maximum Gasteiger partial charge on any atom is 0.335 e. The number of thioether (sulfide) groups is 1. The van der Waals surface area contributed by atoms with E-state index in [1.807, 2.05) is 38.1 Å². The molecule has 0 bridgehead atoms. The molecule has 0 aliphatic carbocycles. The third-order valence-corrected chi connectivity index (χ3v) is 5.03. The van der Waals surface area contributed by atoms with Crippen LogP contribution in [0.15, 0.2) is 58.4 Å². The molecule has 1 aliphatic rings. The Bertz CT molecular complexity index is 968. The highest BCUT2D eigenvalue weighted by Crippen LogP contribution is 2.35. The van der Waals surface area contributed by atoms with Gasteiger partial charge in [0, 0.05) is 12.1 Å². The first-order chi connectivity index (χ1) is 13.5. The maximum absolute atomic E-state index is 12.8. The van der Waals surface area contributed by atoms with E-state index in [4.69, 9.17) is 9.84 Å². The lowest BCUT2D eigenvalue weighted by Crippen LogP contribution is -2.28. The summed E-state index contributed by atoms with van der Waals surface area (Å²) in [6, 6.07) is 13.9. The first kappa shape index (κ1) is 19.7. The highest BCUT2D eigenvalue weighted by molar-refractivity contribution is 8.18. The predicted octanol–water partition coefficient (Wildman–Crippen LogP) is 4.41. The molecule has 1 N–H and O–H groups in total. The van der Waals surface area contributed by atoms with E-state index in [1.165, 1.54) is 23.9 Å². The second kappa shape index (κ2) is 8.75. The van der Waals surface area contributed by atoms with E-state index in [2.05, 4.69) is 4.99 Å². The van der Waals surface area contributed by atoms with Gasteiger partial charge in [-0.15, -0.1) is 0 Å². The molecule has 2 aromatic rings. The van der Waals surface area contributed by atoms with Gasteiger partial charge in [0.2, 0.25) is 0 Å². The van der Waals surface area contributed by atoms with E-state index >= 15 is 0 Å². The highest BCUT2D eigenvalue weighted by Gasteiger charge is 2.32. The smallest absolute Gasteiger partial charge is 0.335 e. The van der Waals surface area contributed by atoms with Crippen LogP contribution in [0.1, 0.15) is 29.8 Å². The molecule has 1 amide bonds. The van der Waals surface area contributed by atoms with Crippen molar-refractivity contribution in [2.45, 2.75) is 13.8 Å². The zero-order valence-electron chi connectivity index (χ0n) is 15.6. The number of amides is 1. The number of carbonyl (C=O) groups is 2. The molecule has 6 nitrogen and oxygen atoms in total. The van der Waals surface area contributed by atoms with Crippen molar-refractivity contribution >= 4 is 40.6 Å². The summed E-state index contributed by atoms with van der Waals surface area (Å²) in [5, 5.41) is 9.67. The van der Waals surface area contributed by atoms with Crippen molar-refractivity contribution in [2.24, 2.45) is 4.99 Å². The van der Waals surface area contributed by atoms with Gasteiger partial charge in [0.05, 0.1) is 22.8 Å². The Morgan fingerprint density at radius 3 is 2.71 bits per heavy atom. The monoisotopic (exact) mass is 396 g/mol. The second-order valence-electron chi connectivity index (χ2n) is 5.88. The summed E-state index contributed by atoms with van der Waals surface area (Å²) < 4.78 is 5.63. The molecule has 0 saturated carbocycles. The lowest BCUT2D eigenvalue weighted by molar-refractivity contribution is -0.122. The number of carbonyl (C=O) groups excluding carboxylic acids is 1. The van der Waals surface area contributed by atoms with Crippen LogP contribution in [0.4, 0.5) is 5.69 Å². The Morgan fingerprint density at radius 1 is 1.21 bits per heavy atom. The first-order valence-corrected chi connectivity index (χ1v) is 9.70. The second-order valence-corrected chi connectivity index (χ2v) is 6.89. The van der Waals surface area contributed by atoms with Crippen LogP contribution in [-0.2, 0) is 4.79 Å². The minimum atomic E-state index is -1.02. The molecule has 1 fully saturated rings. The first-order valence-electron chi connectivity index (χ1n) is 8.88. The molecule has 2 aromatic carbocycles. The van der Waals surface area contributed by atoms with Crippen molar-refractivity contribution in [1.82, 2.24) is 4.90 Å². The van der Waals surface area contributed by atoms with Crippen molar-refractivity contribution in [2.75, 3.05) is 13.2 Å². The largest absolute Gasteiger partial charge is 0.493 e. The Kier molecular flexibility index (Phi) is 6.16. The van der Waals surface area contributed by atoms with E-state index in [9.17, 15) is 9.59 Å². The number of benzene rings is 2. The van der Waals surface area contributed by atoms with Gasteiger partial charge in [-0.05, 0) is 56.0 Å². The van der Waals surface area contributed by atoms with Gasteiger partial charge in [0.1, 0.15) is 5.75 Å². The zero-order valence-corrected chi connectivity index (χ0v) is 16.4.